The Bertz CT molecular complexity index is 621. The van der Waals surface area contributed by atoms with Gasteiger partial charge in [-0.05, 0) is 24.4 Å². The van der Waals surface area contributed by atoms with Crippen molar-refractivity contribution in [2.75, 3.05) is 6.61 Å². The van der Waals surface area contributed by atoms with Crippen LogP contribution in [0, 0.1) is 0 Å². The summed E-state index contributed by atoms with van der Waals surface area (Å²) in [4.78, 5) is 27.2. The third-order valence-electron chi connectivity index (χ3n) is 2.41. The molecule has 0 aromatic carbocycles. The number of carboxylic acids is 1. The minimum Gasteiger partial charge on any atom is -0.478 e. The molecule has 0 aliphatic heterocycles. The highest BCUT2D eigenvalue weighted by atomic mass is 32.1. The van der Waals surface area contributed by atoms with E-state index in [2.05, 4.69) is 4.98 Å². The predicted molar refractivity (Wildman–Crippen MR) is 70.5 cm³/mol. The molecule has 0 bridgehead atoms. The summed E-state index contributed by atoms with van der Waals surface area (Å²) < 4.78 is 4.89. The van der Waals surface area contributed by atoms with Crippen molar-refractivity contribution in [1.29, 1.82) is 0 Å². The second kappa shape index (κ2) is 5.62. The number of carboxylic acid groups (broad SMARTS) is 1. The Morgan fingerprint density at radius 2 is 2.21 bits per heavy atom. The van der Waals surface area contributed by atoms with Crippen molar-refractivity contribution in [1.82, 2.24) is 4.98 Å². The molecule has 0 spiro atoms. The van der Waals surface area contributed by atoms with Crippen molar-refractivity contribution in [3.05, 3.63) is 41.0 Å². The molecule has 0 amide bonds. The number of carbonyl (C=O) groups is 2. The fourth-order valence-electron chi connectivity index (χ4n) is 1.59. The van der Waals surface area contributed by atoms with Crippen LogP contribution in [0.3, 0.4) is 0 Å². The van der Waals surface area contributed by atoms with Crippen LogP contribution in [-0.4, -0.2) is 28.6 Å². The van der Waals surface area contributed by atoms with E-state index in [0.717, 1.165) is 0 Å². The number of hydrogen-bond donors (Lipinski definition) is 1. The second-order valence-electron chi connectivity index (χ2n) is 3.65. The summed E-state index contributed by atoms with van der Waals surface area (Å²) in [7, 11) is 0. The SMILES string of the molecule is CCOC(=O)c1cncc(-c2sccc2C(=O)O)c1. The smallest absolute Gasteiger partial charge is 0.339 e. The molecule has 2 heterocycles. The number of thiophene rings is 1. The summed E-state index contributed by atoms with van der Waals surface area (Å²) in [6.45, 7) is 2.00. The van der Waals surface area contributed by atoms with Crippen LogP contribution < -0.4 is 0 Å². The van der Waals surface area contributed by atoms with Gasteiger partial charge in [0, 0.05) is 18.0 Å². The van der Waals surface area contributed by atoms with E-state index in [-0.39, 0.29) is 12.2 Å². The Hall–Kier alpha value is -2.21. The number of ether oxygens (including phenoxy) is 1. The molecule has 6 heteroatoms. The van der Waals surface area contributed by atoms with E-state index < -0.39 is 11.9 Å². The topological polar surface area (TPSA) is 76.5 Å². The summed E-state index contributed by atoms with van der Waals surface area (Å²) in [5, 5.41) is 10.8. The fraction of sp³-hybridized carbons (Fsp3) is 0.154. The molecule has 0 aliphatic rings. The summed E-state index contributed by atoms with van der Waals surface area (Å²) in [6.07, 6.45) is 2.93. The van der Waals surface area contributed by atoms with Gasteiger partial charge in [0.25, 0.3) is 0 Å². The summed E-state index contributed by atoms with van der Waals surface area (Å²) in [6, 6.07) is 3.11. The maximum Gasteiger partial charge on any atom is 0.339 e. The number of aromatic nitrogens is 1. The van der Waals surface area contributed by atoms with Crippen LogP contribution in [0.5, 0.6) is 0 Å². The van der Waals surface area contributed by atoms with Gasteiger partial charge in [0.05, 0.1) is 22.6 Å². The average Bonchev–Trinajstić information content (AvgIpc) is 2.88. The molecule has 0 unspecified atom stereocenters. The highest BCUT2D eigenvalue weighted by Crippen LogP contribution is 2.29. The van der Waals surface area contributed by atoms with Crippen molar-refractivity contribution in [2.45, 2.75) is 6.92 Å². The fourth-order valence-corrected chi connectivity index (χ4v) is 2.46. The van der Waals surface area contributed by atoms with E-state index in [0.29, 0.717) is 16.0 Å². The van der Waals surface area contributed by atoms with Crippen LogP contribution in [0.1, 0.15) is 27.6 Å². The first-order valence-electron chi connectivity index (χ1n) is 5.56. The molecular formula is C13H11NO4S. The van der Waals surface area contributed by atoms with Gasteiger partial charge in [-0.1, -0.05) is 0 Å². The summed E-state index contributed by atoms with van der Waals surface area (Å²) >= 11 is 1.29. The number of pyridine rings is 1. The number of rotatable bonds is 4. The van der Waals surface area contributed by atoms with E-state index in [1.54, 1.807) is 18.4 Å². The molecule has 0 atom stereocenters. The molecule has 0 radical (unpaired) electrons. The minimum absolute atomic E-state index is 0.202. The van der Waals surface area contributed by atoms with Gasteiger partial charge in [-0.3, -0.25) is 4.98 Å². The first-order chi connectivity index (χ1) is 9.13. The standard InChI is InChI=1S/C13H11NO4S/c1-2-18-13(17)9-5-8(6-14-7-9)11-10(12(15)16)3-4-19-11/h3-7H,2H2,1H3,(H,15,16). The van der Waals surface area contributed by atoms with E-state index in [9.17, 15) is 9.59 Å². The largest absolute Gasteiger partial charge is 0.478 e. The van der Waals surface area contributed by atoms with Gasteiger partial charge in [0.15, 0.2) is 0 Å². The summed E-state index contributed by atoms with van der Waals surface area (Å²) in [5.74, 6) is -1.47. The normalized spacial score (nSPS) is 10.2. The first kappa shape index (κ1) is 13.2. The van der Waals surface area contributed by atoms with Crippen LogP contribution in [0.15, 0.2) is 29.9 Å². The molecule has 5 nitrogen and oxygen atoms in total. The van der Waals surface area contributed by atoms with Gasteiger partial charge in [-0.2, -0.15) is 0 Å². The lowest BCUT2D eigenvalue weighted by molar-refractivity contribution is 0.0525. The quantitative estimate of drug-likeness (QED) is 0.869. The molecule has 0 saturated heterocycles. The van der Waals surface area contributed by atoms with E-state index in [1.165, 1.54) is 29.8 Å². The van der Waals surface area contributed by atoms with Crippen molar-refractivity contribution in [3.8, 4) is 10.4 Å². The molecule has 2 aromatic rings. The number of esters is 1. The lowest BCUT2D eigenvalue weighted by atomic mass is 10.1. The van der Waals surface area contributed by atoms with Crippen LogP contribution in [0.2, 0.25) is 0 Å². The monoisotopic (exact) mass is 277 g/mol. The molecule has 98 valence electrons. The van der Waals surface area contributed by atoms with E-state index >= 15 is 0 Å². The number of carbonyl (C=O) groups excluding carboxylic acids is 1. The summed E-state index contributed by atoms with van der Waals surface area (Å²) in [5.41, 5.74) is 1.11. The van der Waals surface area contributed by atoms with Gasteiger partial charge in [0.2, 0.25) is 0 Å². The molecule has 19 heavy (non-hydrogen) atoms. The van der Waals surface area contributed by atoms with E-state index in [1.807, 2.05) is 0 Å². The van der Waals surface area contributed by atoms with Crippen LogP contribution in [-0.2, 0) is 4.74 Å². The highest BCUT2D eigenvalue weighted by Gasteiger charge is 2.15. The average molecular weight is 277 g/mol. The van der Waals surface area contributed by atoms with Gasteiger partial charge in [-0.15, -0.1) is 11.3 Å². The first-order valence-corrected chi connectivity index (χ1v) is 6.44. The Labute approximate surface area is 113 Å². The molecular weight excluding hydrogens is 266 g/mol. The molecule has 0 saturated carbocycles. The maximum absolute atomic E-state index is 11.6. The molecule has 2 aromatic heterocycles. The van der Waals surface area contributed by atoms with Crippen molar-refractivity contribution >= 4 is 23.3 Å². The number of nitrogens with zero attached hydrogens (tertiary/aromatic N) is 1. The highest BCUT2D eigenvalue weighted by molar-refractivity contribution is 7.14. The lowest BCUT2D eigenvalue weighted by Gasteiger charge is -2.04. The Kier molecular flexibility index (Phi) is 3.91. The van der Waals surface area contributed by atoms with Crippen molar-refractivity contribution in [2.24, 2.45) is 0 Å². The zero-order chi connectivity index (χ0) is 13.8. The van der Waals surface area contributed by atoms with Gasteiger partial charge < -0.3 is 9.84 Å². The van der Waals surface area contributed by atoms with E-state index in [4.69, 9.17) is 9.84 Å². The minimum atomic E-state index is -1.00. The van der Waals surface area contributed by atoms with Gasteiger partial charge in [0.1, 0.15) is 0 Å². The zero-order valence-corrected chi connectivity index (χ0v) is 10.9. The Balaban J connectivity index is 2.41. The van der Waals surface area contributed by atoms with Gasteiger partial charge in [-0.25, -0.2) is 9.59 Å². The van der Waals surface area contributed by atoms with Crippen molar-refractivity contribution in [3.63, 3.8) is 0 Å². The molecule has 2 rings (SSSR count). The molecule has 0 fully saturated rings. The molecule has 0 aliphatic carbocycles. The van der Waals surface area contributed by atoms with Crippen LogP contribution in [0.4, 0.5) is 0 Å². The van der Waals surface area contributed by atoms with Gasteiger partial charge >= 0.3 is 11.9 Å². The van der Waals surface area contributed by atoms with Crippen LogP contribution in [0.25, 0.3) is 10.4 Å². The maximum atomic E-state index is 11.6. The Morgan fingerprint density at radius 3 is 2.89 bits per heavy atom. The predicted octanol–water partition coefficient (Wildman–Crippen LogP) is 2.69. The Morgan fingerprint density at radius 1 is 1.42 bits per heavy atom. The van der Waals surface area contributed by atoms with Crippen LogP contribution >= 0.6 is 11.3 Å². The lowest BCUT2D eigenvalue weighted by Crippen LogP contribution is -2.05. The number of hydrogen-bond acceptors (Lipinski definition) is 5. The van der Waals surface area contributed by atoms with Crippen molar-refractivity contribution < 1.29 is 19.4 Å². The third-order valence-corrected chi connectivity index (χ3v) is 3.37. The second-order valence-corrected chi connectivity index (χ2v) is 4.57. The third kappa shape index (κ3) is 2.79. The molecule has 1 N–H and O–H groups in total. The number of aromatic carboxylic acids is 1. The zero-order valence-electron chi connectivity index (χ0n) is 10.1.